The largest absolute Gasteiger partial charge is 0.472 e. The second-order valence-electron chi connectivity index (χ2n) is 5.12. The van der Waals surface area contributed by atoms with Gasteiger partial charge in [-0.15, -0.1) is 0 Å². The van der Waals surface area contributed by atoms with Gasteiger partial charge in [-0.3, -0.25) is 9.69 Å². The van der Waals surface area contributed by atoms with Crippen LogP contribution in [0.25, 0.3) is 0 Å². The second kappa shape index (κ2) is 6.19. The van der Waals surface area contributed by atoms with Gasteiger partial charge >= 0.3 is 5.97 Å². The zero-order valence-corrected chi connectivity index (χ0v) is 13.1. The molecule has 3 rings (SSSR count). The van der Waals surface area contributed by atoms with E-state index in [1.165, 1.54) is 18.1 Å². The van der Waals surface area contributed by atoms with Crippen LogP contribution in [0, 0.1) is 5.82 Å². The number of nitrogens with zero attached hydrogens (tertiary/aromatic N) is 1. The molecule has 0 bridgehead atoms. The molecule has 24 heavy (non-hydrogen) atoms. The number of esters is 1. The predicted molar refractivity (Wildman–Crippen MR) is 86.0 cm³/mol. The highest BCUT2D eigenvalue weighted by molar-refractivity contribution is 6.09. The Labute approximate surface area is 137 Å². The molecule has 1 aliphatic rings. The van der Waals surface area contributed by atoms with Gasteiger partial charge in [-0.2, -0.15) is 0 Å². The van der Waals surface area contributed by atoms with E-state index in [1.807, 2.05) is 0 Å². The molecular formula is C17H15FN2O4. The Balaban J connectivity index is 1.91. The molecule has 1 aliphatic heterocycles. The summed E-state index contributed by atoms with van der Waals surface area (Å²) in [5, 5.41) is 2.70. The quantitative estimate of drug-likeness (QED) is 0.876. The Morgan fingerprint density at radius 2 is 2.00 bits per heavy atom. The smallest absolute Gasteiger partial charge is 0.337 e. The summed E-state index contributed by atoms with van der Waals surface area (Å²) in [6.07, 6.45) is 0. The van der Waals surface area contributed by atoms with Gasteiger partial charge < -0.3 is 14.8 Å². The van der Waals surface area contributed by atoms with Crippen molar-refractivity contribution in [3.63, 3.8) is 0 Å². The standard InChI is InChI=1S/C17H15FN2O4/c1-19-14-8-15-12(7-13(14)18)16(21)20(9-24-15)11-5-3-10(4-6-11)17(22)23-2/h3-8,19H,9H2,1-2H3. The minimum atomic E-state index is -0.531. The number of carbonyl (C=O) groups excluding carboxylic acids is 2. The molecule has 124 valence electrons. The minimum absolute atomic E-state index is 0.00179. The molecule has 2 aromatic carbocycles. The van der Waals surface area contributed by atoms with Gasteiger partial charge in [0.25, 0.3) is 5.91 Å². The Hall–Kier alpha value is -3.09. The highest BCUT2D eigenvalue weighted by Gasteiger charge is 2.28. The van der Waals surface area contributed by atoms with Crippen LogP contribution in [0.2, 0.25) is 0 Å². The van der Waals surface area contributed by atoms with Gasteiger partial charge in [-0.1, -0.05) is 0 Å². The van der Waals surface area contributed by atoms with Crippen LogP contribution in [0.3, 0.4) is 0 Å². The predicted octanol–water partition coefficient (Wildman–Crippen LogP) is 2.65. The Kier molecular flexibility index (Phi) is 4.07. The zero-order valence-electron chi connectivity index (χ0n) is 13.1. The first-order chi connectivity index (χ1) is 11.5. The molecule has 0 radical (unpaired) electrons. The zero-order chi connectivity index (χ0) is 17.3. The summed E-state index contributed by atoms with van der Waals surface area (Å²) in [5.74, 6) is -1.04. The van der Waals surface area contributed by atoms with Gasteiger partial charge in [-0.05, 0) is 30.3 Å². The van der Waals surface area contributed by atoms with E-state index < -0.39 is 11.8 Å². The number of ether oxygens (including phenoxy) is 2. The van der Waals surface area contributed by atoms with Crippen molar-refractivity contribution in [3.05, 3.63) is 53.3 Å². The van der Waals surface area contributed by atoms with Crippen molar-refractivity contribution >= 4 is 23.3 Å². The van der Waals surface area contributed by atoms with Crippen molar-refractivity contribution in [2.75, 3.05) is 31.1 Å². The maximum absolute atomic E-state index is 13.9. The fraction of sp³-hybridized carbons (Fsp3) is 0.176. The fourth-order valence-electron chi connectivity index (χ4n) is 2.46. The number of nitrogens with one attached hydrogen (secondary N) is 1. The summed E-state index contributed by atoms with van der Waals surface area (Å²) in [5.41, 5.74) is 1.32. The highest BCUT2D eigenvalue weighted by atomic mass is 19.1. The molecule has 0 aliphatic carbocycles. The summed E-state index contributed by atoms with van der Waals surface area (Å²) in [4.78, 5) is 25.4. The fourth-order valence-corrected chi connectivity index (χ4v) is 2.46. The average Bonchev–Trinajstić information content (AvgIpc) is 2.61. The van der Waals surface area contributed by atoms with Gasteiger partial charge in [0.05, 0.1) is 23.9 Å². The number of methoxy groups -OCH3 is 1. The van der Waals surface area contributed by atoms with Crippen molar-refractivity contribution in [2.24, 2.45) is 0 Å². The number of anilines is 2. The van der Waals surface area contributed by atoms with Crippen molar-refractivity contribution in [1.82, 2.24) is 0 Å². The number of carbonyl (C=O) groups is 2. The van der Waals surface area contributed by atoms with Gasteiger partial charge in [0.15, 0.2) is 6.73 Å². The number of hydrogen-bond acceptors (Lipinski definition) is 5. The van der Waals surface area contributed by atoms with Gasteiger partial charge in [0, 0.05) is 18.8 Å². The monoisotopic (exact) mass is 330 g/mol. The Morgan fingerprint density at radius 3 is 2.62 bits per heavy atom. The van der Waals surface area contributed by atoms with E-state index in [0.717, 1.165) is 6.07 Å². The third kappa shape index (κ3) is 2.64. The van der Waals surface area contributed by atoms with Crippen LogP contribution in [0.1, 0.15) is 20.7 Å². The number of benzene rings is 2. The normalized spacial score (nSPS) is 13.1. The van der Waals surface area contributed by atoms with Crippen LogP contribution in [-0.2, 0) is 4.74 Å². The summed E-state index contributed by atoms with van der Waals surface area (Å²) >= 11 is 0. The Morgan fingerprint density at radius 1 is 1.29 bits per heavy atom. The number of halogens is 1. The molecule has 0 spiro atoms. The second-order valence-corrected chi connectivity index (χ2v) is 5.12. The van der Waals surface area contributed by atoms with Crippen LogP contribution in [0.5, 0.6) is 5.75 Å². The molecule has 0 saturated carbocycles. The molecule has 1 amide bonds. The van der Waals surface area contributed by atoms with E-state index >= 15 is 0 Å². The first-order valence-corrected chi connectivity index (χ1v) is 7.19. The maximum atomic E-state index is 13.9. The van der Waals surface area contributed by atoms with Gasteiger partial charge in [-0.25, -0.2) is 9.18 Å². The molecule has 2 aromatic rings. The van der Waals surface area contributed by atoms with E-state index in [4.69, 9.17) is 4.74 Å². The maximum Gasteiger partial charge on any atom is 0.337 e. The van der Waals surface area contributed by atoms with Crippen molar-refractivity contribution in [3.8, 4) is 5.75 Å². The van der Waals surface area contributed by atoms with Crippen LogP contribution in [-0.4, -0.2) is 32.8 Å². The van der Waals surface area contributed by atoms with Crippen LogP contribution in [0.4, 0.5) is 15.8 Å². The summed E-state index contributed by atoms with van der Waals surface area (Å²) < 4.78 is 24.1. The van der Waals surface area contributed by atoms with Crippen LogP contribution >= 0.6 is 0 Å². The third-order valence-electron chi connectivity index (χ3n) is 3.76. The minimum Gasteiger partial charge on any atom is -0.472 e. The number of hydrogen-bond donors (Lipinski definition) is 1. The van der Waals surface area contributed by atoms with E-state index in [9.17, 15) is 14.0 Å². The Bertz CT molecular complexity index is 805. The lowest BCUT2D eigenvalue weighted by atomic mass is 10.1. The molecule has 6 nitrogen and oxygen atoms in total. The molecule has 0 atom stereocenters. The highest BCUT2D eigenvalue weighted by Crippen LogP contribution is 2.32. The molecule has 0 aromatic heterocycles. The van der Waals surface area contributed by atoms with Crippen molar-refractivity contribution < 1.29 is 23.5 Å². The molecule has 1 heterocycles. The van der Waals surface area contributed by atoms with E-state index in [2.05, 4.69) is 10.1 Å². The lowest BCUT2D eigenvalue weighted by Gasteiger charge is -2.29. The third-order valence-corrected chi connectivity index (χ3v) is 3.76. The summed E-state index contributed by atoms with van der Waals surface area (Å²) in [6.45, 7) is -0.00179. The van der Waals surface area contributed by atoms with Gasteiger partial charge in [0.1, 0.15) is 11.6 Å². The average molecular weight is 330 g/mol. The molecule has 0 saturated heterocycles. The van der Waals surface area contributed by atoms with Crippen molar-refractivity contribution in [2.45, 2.75) is 0 Å². The number of fused-ring (bicyclic) bond motifs is 1. The number of amides is 1. The molecular weight excluding hydrogens is 315 g/mol. The first kappa shape index (κ1) is 15.8. The van der Waals surface area contributed by atoms with Crippen LogP contribution < -0.4 is 15.0 Å². The van der Waals surface area contributed by atoms with Crippen molar-refractivity contribution in [1.29, 1.82) is 0 Å². The van der Waals surface area contributed by atoms with Crippen LogP contribution in [0.15, 0.2) is 36.4 Å². The van der Waals surface area contributed by atoms with E-state index in [-0.39, 0.29) is 23.9 Å². The van der Waals surface area contributed by atoms with Gasteiger partial charge in [0.2, 0.25) is 0 Å². The topological polar surface area (TPSA) is 67.9 Å². The summed E-state index contributed by atoms with van der Waals surface area (Å²) in [7, 11) is 2.88. The lowest BCUT2D eigenvalue weighted by Crippen LogP contribution is -2.38. The summed E-state index contributed by atoms with van der Waals surface area (Å²) in [6, 6.07) is 8.93. The molecule has 0 fully saturated rings. The molecule has 0 unspecified atom stereocenters. The SMILES string of the molecule is CNc1cc2c(cc1F)C(=O)N(c1ccc(C(=O)OC)cc1)CO2. The molecule has 7 heteroatoms. The molecule has 1 N–H and O–H groups in total. The first-order valence-electron chi connectivity index (χ1n) is 7.19. The number of rotatable bonds is 3. The van der Waals surface area contributed by atoms with E-state index in [0.29, 0.717) is 17.0 Å². The lowest BCUT2D eigenvalue weighted by molar-refractivity contribution is 0.0600. The van der Waals surface area contributed by atoms with E-state index in [1.54, 1.807) is 31.3 Å².